The van der Waals surface area contributed by atoms with Crippen LogP contribution >= 0.6 is 0 Å². The van der Waals surface area contributed by atoms with Crippen molar-refractivity contribution in [2.75, 3.05) is 9.80 Å². The molecule has 0 radical (unpaired) electrons. The quantitative estimate of drug-likeness (QED) is 0.175. The molecule has 0 aromatic heterocycles. The third-order valence-electron chi connectivity index (χ3n) is 12.0. The summed E-state index contributed by atoms with van der Waals surface area (Å²) in [5.74, 6) is 0. The molecule has 1 aliphatic carbocycles. The Balaban J connectivity index is 1.40. The van der Waals surface area contributed by atoms with Crippen LogP contribution < -0.4 is 15.0 Å². The number of benzene rings is 7. The van der Waals surface area contributed by atoms with E-state index in [1.165, 1.54) is 105 Å². The van der Waals surface area contributed by atoms with Crippen LogP contribution in [0.3, 0.4) is 0 Å². The second-order valence-electron chi connectivity index (χ2n) is 15.3. The summed E-state index contributed by atoms with van der Waals surface area (Å²) in [6.07, 6.45) is 3.38. The summed E-state index contributed by atoms with van der Waals surface area (Å²) in [5.41, 5.74) is 17.5. The molecule has 0 N–H and O–H groups in total. The van der Waals surface area contributed by atoms with Crippen LogP contribution in [0, 0.1) is 55.4 Å². The third kappa shape index (κ3) is 5.31. The smallest absolute Gasteiger partial charge is 0.0715 e. The molecule has 0 spiro atoms. The Bertz CT molecular complexity index is 2470. The Kier molecular flexibility index (Phi) is 7.83. The average Bonchev–Trinajstić information content (AvgIpc) is 3.11. The fourth-order valence-electron chi connectivity index (χ4n) is 8.21. The Labute approximate surface area is 303 Å². The highest BCUT2D eigenvalue weighted by Crippen LogP contribution is 2.49. The van der Waals surface area contributed by atoms with Crippen molar-refractivity contribution in [3.8, 4) is 0 Å². The van der Waals surface area contributed by atoms with Gasteiger partial charge in [-0.2, -0.15) is 0 Å². The fraction of sp³-hybridized carbons (Fsp3) is 0.224. The van der Waals surface area contributed by atoms with Gasteiger partial charge in [-0.05, 0) is 195 Å². The largest absolute Gasteiger partial charge is 0.331 e. The summed E-state index contributed by atoms with van der Waals surface area (Å²) in [7, 11) is 0. The Morgan fingerprint density at radius 2 is 0.922 bits per heavy atom. The molecule has 0 fully saturated rings. The Morgan fingerprint density at radius 3 is 1.43 bits per heavy atom. The number of hydrogen-bond donors (Lipinski definition) is 0. The molecular formula is C49H48N2. The first-order valence-corrected chi connectivity index (χ1v) is 18.3. The predicted molar refractivity (Wildman–Crippen MR) is 221 cm³/mol. The van der Waals surface area contributed by atoms with Crippen molar-refractivity contribution in [2.24, 2.45) is 0 Å². The van der Waals surface area contributed by atoms with Crippen molar-refractivity contribution in [1.82, 2.24) is 0 Å². The number of nitrogens with zero attached hydrogens (tertiary/aromatic N) is 2. The zero-order chi connectivity index (χ0) is 35.8. The van der Waals surface area contributed by atoms with Gasteiger partial charge in [0.25, 0.3) is 0 Å². The third-order valence-corrected chi connectivity index (χ3v) is 12.0. The van der Waals surface area contributed by atoms with Crippen LogP contribution in [0.25, 0.3) is 27.6 Å². The molecular weight excluding hydrogens is 617 g/mol. The lowest BCUT2D eigenvalue weighted by Gasteiger charge is -2.45. The highest BCUT2D eigenvalue weighted by Gasteiger charge is 2.38. The van der Waals surface area contributed by atoms with Gasteiger partial charge in [0.15, 0.2) is 0 Å². The number of rotatable bonds is 6. The molecule has 0 saturated heterocycles. The molecule has 0 aliphatic heterocycles. The van der Waals surface area contributed by atoms with Crippen molar-refractivity contribution >= 4 is 56.1 Å². The zero-order valence-corrected chi connectivity index (χ0v) is 31.6. The number of aryl methyl sites for hydroxylation is 8. The SMILES string of the molecule is Cc1ccc(N(c2ccc(C)c(C)c2)c2ccc3ccc4c5c(ccc2c35)=CCC4(C)N(c2ccc(C)c(C)c2)c2ccc(C)c(C)c2)cc1C. The lowest BCUT2D eigenvalue weighted by molar-refractivity contribution is 0.499. The molecule has 1 unspecified atom stereocenters. The molecule has 0 bridgehead atoms. The number of anilines is 5. The lowest BCUT2D eigenvalue weighted by Crippen LogP contribution is -2.43. The highest BCUT2D eigenvalue weighted by atomic mass is 15.2. The van der Waals surface area contributed by atoms with Crippen LogP contribution in [0.1, 0.15) is 63.4 Å². The molecule has 8 rings (SSSR count). The van der Waals surface area contributed by atoms with E-state index in [1.807, 2.05) is 0 Å². The van der Waals surface area contributed by atoms with Gasteiger partial charge in [-0.3, -0.25) is 0 Å². The maximum absolute atomic E-state index is 2.61. The van der Waals surface area contributed by atoms with Gasteiger partial charge in [0.05, 0.1) is 11.2 Å². The summed E-state index contributed by atoms with van der Waals surface area (Å²) in [6.45, 7) is 20.1. The monoisotopic (exact) mass is 664 g/mol. The molecule has 2 nitrogen and oxygen atoms in total. The Hall–Kier alpha value is -5.34. The van der Waals surface area contributed by atoms with E-state index in [-0.39, 0.29) is 5.54 Å². The van der Waals surface area contributed by atoms with Gasteiger partial charge in [0, 0.05) is 28.1 Å². The van der Waals surface area contributed by atoms with Gasteiger partial charge in [-0.1, -0.05) is 60.7 Å². The van der Waals surface area contributed by atoms with Crippen molar-refractivity contribution in [1.29, 1.82) is 0 Å². The first-order valence-electron chi connectivity index (χ1n) is 18.3. The van der Waals surface area contributed by atoms with E-state index in [4.69, 9.17) is 0 Å². The van der Waals surface area contributed by atoms with E-state index in [0.717, 1.165) is 6.42 Å². The predicted octanol–water partition coefficient (Wildman–Crippen LogP) is 12.9. The first kappa shape index (κ1) is 32.8. The van der Waals surface area contributed by atoms with Crippen LogP contribution in [0.2, 0.25) is 0 Å². The van der Waals surface area contributed by atoms with E-state index in [0.29, 0.717) is 0 Å². The fourth-order valence-corrected chi connectivity index (χ4v) is 8.21. The van der Waals surface area contributed by atoms with E-state index in [1.54, 1.807) is 0 Å². The normalized spacial score (nSPS) is 15.3. The van der Waals surface area contributed by atoms with Crippen LogP contribution in [-0.4, -0.2) is 0 Å². The molecule has 1 aliphatic rings. The van der Waals surface area contributed by atoms with E-state index >= 15 is 0 Å². The maximum Gasteiger partial charge on any atom is 0.0715 e. The molecule has 7 aromatic carbocycles. The topological polar surface area (TPSA) is 6.48 Å². The van der Waals surface area contributed by atoms with Gasteiger partial charge in [0.2, 0.25) is 0 Å². The standard InChI is InChI=1S/C49H48N2/c1-30-10-17-40(26-34(30)5)50(41-18-11-31(2)35(6)27-41)46-23-16-38-15-22-45-48-39(14-21-44(46)47(38)48)24-25-49(45,9)51(42-19-12-32(3)36(7)28-42)43-20-13-33(4)37(8)29-43/h10-24,26-29H,25H2,1-9H3. The van der Waals surface area contributed by atoms with Crippen molar-refractivity contribution < 1.29 is 0 Å². The number of hydrogen-bond acceptors (Lipinski definition) is 2. The van der Waals surface area contributed by atoms with Gasteiger partial charge in [-0.15, -0.1) is 0 Å². The van der Waals surface area contributed by atoms with E-state index < -0.39 is 0 Å². The van der Waals surface area contributed by atoms with Crippen LogP contribution in [0.15, 0.2) is 109 Å². The molecule has 7 aromatic rings. The molecule has 2 heteroatoms. The minimum Gasteiger partial charge on any atom is -0.331 e. The van der Waals surface area contributed by atoms with Gasteiger partial charge < -0.3 is 9.80 Å². The summed E-state index contributed by atoms with van der Waals surface area (Å²) in [6, 6.07) is 41.8. The minimum atomic E-state index is -0.323. The summed E-state index contributed by atoms with van der Waals surface area (Å²) < 4.78 is 0. The molecule has 0 amide bonds. The van der Waals surface area contributed by atoms with E-state index in [2.05, 4.69) is 187 Å². The van der Waals surface area contributed by atoms with Crippen LogP contribution in [-0.2, 0) is 5.54 Å². The van der Waals surface area contributed by atoms with Crippen LogP contribution in [0.4, 0.5) is 28.4 Å². The Morgan fingerprint density at radius 1 is 0.451 bits per heavy atom. The summed E-state index contributed by atoms with van der Waals surface area (Å²) in [5, 5.41) is 6.56. The molecule has 0 saturated carbocycles. The average molecular weight is 665 g/mol. The van der Waals surface area contributed by atoms with E-state index in [9.17, 15) is 0 Å². The van der Waals surface area contributed by atoms with Crippen molar-refractivity contribution in [2.45, 2.75) is 74.3 Å². The lowest BCUT2D eigenvalue weighted by atomic mass is 9.77. The molecule has 51 heavy (non-hydrogen) atoms. The zero-order valence-electron chi connectivity index (χ0n) is 31.6. The second-order valence-corrected chi connectivity index (χ2v) is 15.3. The van der Waals surface area contributed by atoms with Gasteiger partial charge in [0.1, 0.15) is 0 Å². The molecule has 1 atom stereocenters. The second kappa shape index (κ2) is 12.2. The first-order chi connectivity index (χ1) is 24.4. The summed E-state index contributed by atoms with van der Waals surface area (Å²) in [4.78, 5) is 5.07. The van der Waals surface area contributed by atoms with Crippen molar-refractivity contribution in [3.63, 3.8) is 0 Å². The summed E-state index contributed by atoms with van der Waals surface area (Å²) >= 11 is 0. The molecule has 0 heterocycles. The highest BCUT2D eigenvalue weighted by molar-refractivity contribution is 6.17. The minimum absolute atomic E-state index is 0.323. The van der Waals surface area contributed by atoms with Crippen molar-refractivity contribution in [3.05, 3.63) is 164 Å². The van der Waals surface area contributed by atoms with Crippen LogP contribution in [0.5, 0.6) is 0 Å². The van der Waals surface area contributed by atoms with Gasteiger partial charge >= 0.3 is 0 Å². The molecule has 254 valence electrons. The van der Waals surface area contributed by atoms with Gasteiger partial charge in [-0.25, -0.2) is 0 Å². The maximum atomic E-state index is 2.61.